The Morgan fingerprint density at radius 2 is 1.48 bits per heavy atom. The van der Waals surface area contributed by atoms with Gasteiger partial charge in [0.1, 0.15) is 17.2 Å². The minimum atomic E-state index is -4.37. The van der Waals surface area contributed by atoms with Gasteiger partial charge in [-0.3, -0.25) is 4.99 Å². The van der Waals surface area contributed by atoms with Gasteiger partial charge in [-0.1, -0.05) is 36.4 Å². The van der Waals surface area contributed by atoms with Gasteiger partial charge in [0.2, 0.25) is 0 Å². The molecule has 0 aliphatic carbocycles. The molecule has 0 saturated carbocycles. The lowest BCUT2D eigenvalue weighted by Gasteiger charge is -2.09. The number of para-hydroxylation sites is 1. The standard InChI is InChI=1S/C21H16F3NO2/c22-21(23,24)15-26-19-10-4-6-16(12-19)14-25-17-7-5-11-20(13-17)27-18-8-2-1-3-9-18/h1-14H,15H2. The molecule has 6 heteroatoms. The van der Waals surface area contributed by atoms with Gasteiger partial charge in [0, 0.05) is 12.3 Å². The Balaban J connectivity index is 1.68. The molecule has 0 saturated heterocycles. The highest BCUT2D eigenvalue weighted by molar-refractivity contribution is 5.82. The highest BCUT2D eigenvalue weighted by Gasteiger charge is 2.28. The Labute approximate surface area is 154 Å². The molecule has 0 spiro atoms. The quantitative estimate of drug-likeness (QED) is 0.485. The van der Waals surface area contributed by atoms with Crippen LogP contribution in [0.5, 0.6) is 17.2 Å². The summed E-state index contributed by atoms with van der Waals surface area (Å²) in [5.74, 6) is 1.49. The van der Waals surface area contributed by atoms with Crippen molar-refractivity contribution in [2.45, 2.75) is 6.18 Å². The van der Waals surface area contributed by atoms with E-state index in [9.17, 15) is 13.2 Å². The fourth-order valence-corrected chi connectivity index (χ4v) is 2.25. The molecule has 3 rings (SSSR count). The number of hydrogen-bond acceptors (Lipinski definition) is 3. The van der Waals surface area contributed by atoms with Gasteiger partial charge < -0.3 is 9.47 Å². The number of rotatable bonds is 6. The van der Waals surface area contributed by atoms with Crippen molar-refractivity contribution in [1.29, 1.82) is 0 Å². The molecule has 27 heavy (non-hydrogen) atoms. The van der Waals surface area contributed by atoms with Crippen LogP contribution >= 0.6 is 0 Å². The largest absolute Gasteiger partial charge is 0.484 e. The molecular formula is C21H16F3NO2. The van der Waals surface area contributed by atoms with E-state index in [1.54, 1.807) is 30.5 Å². The van der Waals surface area contributed by atoms with Crippen molar-refractivity contribution in [3.8, 4) is 17.2 Å². The predicted molar refractivity (Wildman–Crippen MR) is 98.2 cm³/mol. The van der Waals surface area contributed by atoms with Crippen molar-refractivity contribution in [2.75, 3.05) is 6.61 Å². The van der Waals surface area contributed by atoms with E-state index >= 15 is 0 Å². The smallest absolute Gasteiger partial charge is 0.422 e. The zero-order valence-electron chi connectivity index (χ0n) is 14.2. The Kier molecular flexibility index (Phi) is 5.76. The molecule has 0 aliphatic heterocycles. The summed E-state index contributed by atoms with van der Waals surface area (Å²) >= 11 is 0. The van der Waals surface area contributed by atoms with E-state index in [2.05, 4.69) is 4.99 Å². The van der Waals surface area contributed by atoms with Crippen LogP contribution in [0.25, 0.3) is 0 Å². The maximum Gasteiger partial charge on any atom is 0.422 e. The number of ether oxygens (including phenoxy) is 2. The third kappa shape index (κ3) is 6.18. The van der Waals surface area contributed by atoms with Crippen molar-refractivity contribution in [2.24, 2.45) is 4.99 Å². The molecule has 0 N–H and O–H groups in total. The molecule has 0 atom stereocenters. The van der Waals surface area contributed by atoms with Crippen molar-refractivity contribution in [3.05, 3.63) is 84.4 Å². The Bertz CT molecular complexity index is 909. The molecular weight excluding hydrogens is 355 g/mol. The summed E-state index contributed by atoms with van der Waals surface area (Å²) in [4.78, 5) is 4.35. The zero-order valence-corrected chi connectivity index (χ0v) is 14.2. The summed E-state index contributed by atoms with van der Waals surface area (Å²) in [6, 6.07) is 22.9. The Hall–Kier alpha value is -3.28. The molecule has 0 unspecified atom stereocenters. The molecule has 0 bridgehead atoms. The second-order valence-electron chi connectivity index (χ2n) is 5.65. The average Bonchev–Trinajstić information content (AvgIpc) is 2.66. The van der Waals surface area contributed by atoms with Crippen LogP contribution in [-0.2, 0) is 0 Å². The van der Waals surface area contributed by atoms with Crippen molar-refractivity contribution in [1.82, 2.24) is 0 Å². The fraction of sp³-hybridized carbons (Fsp3) is 0.0952. The first kappa shape index (κ1) is 18.5. The topological polar surface area (TPSA) is 30.8 Å². The van der Waals surface area contributed by atoms with E-state index in [0.29, 0.717) is 22.7 Å². The van der Waals surface area contributed by atoms with Crippen molar-refractivity contribution >= 4 is 11.9 Å². The molecule has 0 radical (unpaired) electrons. The minimum absolute atomic E-state index is 0.137. The molecule has 0 heterocycles. The number of benzene rings is 3. The molecule has 0 aromatic heterocycles. The summed E-state index contributed by atoms with van der Waals surface area (Å²) in [5.41, 5.74) is 1.29. The zero-order chi connectivity index (χ0) is 19.1. The molecule has 3 aromatic carbocycles. The van der Waals surface area contributed by atoms with Gasteiger partial charge in [0.05, 0.1) is 5.69 Å². The summed E-state index contributed by atoms with van der Waals surface area (Å²) in [7, 11) is 0. The van der Waals surface area contributed by atoms with E-state index in [4.69, 9.17) is 9.47 Å². The number of alkyl halides is 3. The third-order valence-corrected chi connectivity index (χ3v) is 3.42. The summed E-state index contributed by atoms with van der Waals surface area (Å²) in [6.07, 6.45) is -2.81. The highest BCUT2D eigenvalue weighted by atomic mass is 19.4. The second-order valence-corrected chi connectivity index (χ2v) is 5.65. The van der Waals surface area contributed by atoms with Crippen molar-refractivity contribution in [3.63, 3.8) is 0 Å². The van der Waals surface area contributed by atoms with Gasteiger partial charge in [0.15, 0.2) is 6.61 Å². The first-order valence-electron chi connectivity index (χ1n) is 8.15. The number of hydrogen-bond donors (Lipinski definition) is 0. The number of halogens is 3. The van der Waals surface area contributed by atoms with Gasteiger partial charge in [0.25, 0.3) is 0 Å². The normalized spacial score (nSPS) is 11.5. The number of aliphatic imine (C=N–C) groups is 1. The summed E-state index contributed by atoms with van der Waals surface area (Å²) in [6.45, 7) is -1.33. The van der Waals surface area contributed by atoms with Gasteiger partial charge in [-0.2, -0.15) is 13.2 Å². The van der Waals surface area contributed by atoms with Crippen LogP contribution in [0.2, 0.25) is 0 Å². The lowest BCUT2D eigenvalue weighted by Crippen LogP contribution is -2.19. The Morgan fingerprint density at radius 1 is 0.778 bits per heavy atom. The molecule has 0 amide bonds. The Morgan fingerprint density at radius 3 is 2.26 bits per heavy atom. The van der Waals surface area contributed by atoms with Crippen molar-refractivity contribution < 1.29 is 22.6 Å². The molecule has 138 valence electrons. The summed E-state index contributed by atoms with van der Waals surface area (Å²) in [5, 5.41) is 0. The summed E-state index contributed by atoms with van der Waals surface area (Å²) < 4.78 is 47.2. The van der Waals surface area contributed by atoms with Crippen LogP contribution in [0.4, 0.5) is 18.9 Å². The molecule has 3 aromatic rings. The second kappa shape index (κ2) is 8.40. The van der Waals surface area contributed by atoms with Crippen LogP contribution in [0, 0.1) is 0 Å². The van der Waals surface area contributed by atoms with Crippen LogP contribution in [0.3, 0.4) is 0 Å². The fourth-order valence-electron chi connectivity index (χ4n) is 2.25. The maximum atomic E-state index is 12.2. The minimum Gasteiger partial charge on any atom is -0.484 e. The van der Waals surface area contributed by atoms with Gasteiger partial charge in [-0.25, -0.2) is 0 Å². The average molecular weight is 371 g/mol. The SMILES string of the molecule is FC(F)(F)COc1cccc(C=Nc2cccc(Oc3ccccc3)c2)c1. The van der Waals surface area contributed by atoms with Gasteiger partial charge >= 0.3 is 6.18 Å². The first-order valence-corrected chi connectivity index (χ1v) is 8.15. The monoisotopic (exact) mass is 371 g/mol. The van der Waals surface area contributed by atoms with E-state index < -0.39 is 12.8 Å². The molecule has 0 fully saturated rings. The van der Waals surface area contributed by atoms with Crippen LogP contribution in [-0.4, -0.2) is 19.0 Å². The highest BCUT2D eigenvalue weighted by Crippen LogP contribution is 2.25. The van der Waals surface area contributed by atoms with Crippen LogP contribution in [0.1, 0.15) is 5.56 Å². The van der Waals surface area contributed by atoms with Gasteiger partial charge in [-0.15, -0.1) is 0 Å². The van der Waals surface area contributed by atoms with E-state index in [1.807, 2.05) is 42.5 Å². The predicted octanol–water partition coefficient (Wildman–Crippen LogP) is 6.17. The lowest BCUT2D eigenvalue weighted by molar-refractivity contribution is -0.153. The number of nitrogens with zero attached hydrogens (tertiary/aromatic N) is 1. The van der Waals surface area contributed by atoms with Gasteiger partial charge in [-0.05, 0) is 42.0 Å². The maximum absolute atomic E-state index is 12.2. The third-order valence-electron chi connectivity index (χ3n) is 3.42. The van der Waals surface area contributed by atoms with Crippen LogP contribution < -0.4 is 9.47 Å². The van der Waals surface area contributed by atoms with E-state index in [0.717, 1.165) is 0 Å². The molecule has 0 aliphatic rings. The van der Waals surface area contributed by atoms with E-state index in [1.165, 1.54) is 12.1 Å². The molecule has 3 nitrogen and oxygen atoms in total. The lowest BCUT2D eigenvalue weighted by atomic mass is 10.2. The van der Waals surface area contributed by atoms with Crippen LogP contribution in [0.15, 0.2) is 83.9 Å². The van der Waals surface area contributed by atoms with E-state index in [-0.39, 0.29) is 5.75 Å². The first-order chi connectivity index (χ1) is 13.0.